The van der Waals surface area contributed by atoms with Gasteiger partial charge < -0.3 is 9.80 Å². The molecule has 0 unspecified atom stereocenters. The van der Waals surface area contributed by atoms with Crippen molar-refractivity contribution < 1.29 is 9.18 Å². The van der Waals surface area contributed by atoms with E-state index in [4.69, 9.17) is 0 Å². The van der Waals surface area contributed by atoms with E-state index in [9.17, 15) is 14.0 Å². The minimum atomic E-state index is -0.381. The van der Waals surface area contributed by atoms with E-state index < -0.39 is 0 Å². The Morgan fingerprint density at radius 1 is 1.26 bits per heavy atom. The average molecular weight is 424 g/mol. The molecule has 5 rings (SSSR count). The van der Waals surface area contributed by atoms with E-state index in [0.717, 1.165) is 49.3 Å². The number of alkyl halides is 1. The summed E-state index contributed by atoms with van der Waals surface area (Å²) in [5.41, 5.74) is 2.89. The lowest BCUT2D eigenvalue weighted by Crippen LogP contribution is -2.40. The van der Waals surface area contributed by atoms with Crippen LogP contribution in [0.2, 0.25) is 0 Å². The lowest BCUT2D eigenvalue weighted by atomic mass is 9.98. The minimum Gasteiger partial charge on any atom is -0.338 e. The van der Waals surface area contributed by atoms with Crippen LogP contribution in [0.5, 0.6) is 0 Å². The Bertz CT molecular complexity index is 1200. The van der Waals surface area contributed by atoms with Crippen LogP contribution in [0, 0.1) is 5.92 Å². The van der Waals surface area contributed by atoms with E-state index in [2.05, 4.69) is 15.0 Å². The highest BCUT2D eigenvalue weighted by Crippen LogP contribution is 2.32. The Morgan fingerprint density at radius 3 is 2.97 bits per heavy atom. The fraction of sp³-hybridized carbons (Fsp3) is 0.455. The molecule has 9 heteroatoms. The molecular weight excluding hydrogens is 399 g/mol. The van der Waals surface area contributed by atoms with Crippen molar-refractivity contribution in [2.45, 2.75) is 25.7 Å². The van der Waals surface area contributed by atoms with Gasteiger partial charge in [-0.2, -0.15) is 5.10 Å². The number of piperidine rings is 1. The van der Waals surface area contributed by atoms with Crippen LogP contribution in [0.25, 0.3) is 5.65 Å². The maximum atomic E-state index is 13.1. The third-order valence-corrected chi connectivity index (χ3v) is 6.26. The van der Waals surface area contributed by atoms with E-state index in [0.29, 0.717) is 24.3 Å². The molecule has 0 aromatic carbocycles. The number of hydrogen-bond donors (Lipinski definition) is 0. The fourth-order valence-electron chi connectivity index (χ4n) is 4.63. The van der Waals surface area contributed by atoms with Crippen molar-refractivity contribution in [1.29, 1.82) is 0 Å². The summed E-state index contributed by atoms with van der Waals surface area (Å²) in [6.45, 7) is 1.56. The van der Waals surface area contributed by atoms with Gasteiger partial charge in [-0.15, -0.1) is 0 Å². The van der Waals surface area contributed by atoms with E-state index in [1.807, 2.05) is 18.2 Å². The van der Waals surface area contributed by atoms with Crippen LogP contribution in [0.4, 0.5) is 15.9 Å². The van der Waals surface area contributed by atoms with Crippen LogP contribution in [-0.2, 0) is 13.5 Å². The number of halogens is 1. The van der Waals surface area contributed by atoms with Crippen LogP contribution in [-0.4, -0.2) is 56.3 Å². The lowest BCUT2D eigenvalue weighted by Gasteiger charge is -2.33. The van der Waals surface area contributed by atoms with Gasteiger partial charge in [-0.1, -0.05) is 0 Å². The number of aryl methyl sites for hydroxylation is 2. The van der Waals surface area contributed by atoms with Gasteiger partial charge in [-0.3, -0.25) is 13.6 Å². The van der Waals surface area contributed by atoms with Crippen LogP contribution in [0.1, 0.15) is 35.2 Å². The van der Waals surface area contributed by atoms with Crippen molar-refractivity contribution in [2.24, 2.45) is 13.0 Å². The summed E-state index contributed by atoms with van der Waals surface area (Å²) in [5.74, 6) is 0.693. The number of fused-ring (bicyclic) bond motifs is 2. The van der Waals surface area contributed by atoms with Crippen molar-refractivity contribution in [1.82, 2.24) is 24.1 Å². The van der Waals surface area contributed by atoms with Gasteiger partial charge in [0.2, 0.25) is 0 Å². The zero-order valence-electron chi connectivity index (χ0n) is 17.5. The first-order valence-corrected chi connectivity index (χ1v) is 10.7. The maximum Gasteiger partial charge on any atom is 0.350 e. The van der Waals surface area contributed by atoms with E-state index in [1.54, 1.807) is 24.3 Å². The van der Waals surface area contributed by atoms with Gasteiger partial charge in [0.25, 0.3) is 5.91 Å². The summed E-state index contributed by atoms with van der Waals surface area (Å²) in [4.78, 5) is 33.6. The number of rotatable bonds is 3. The first-order valence-electron chi connectivity index (χ1n) is 10.7. The summed E-state index contributed by atoms with van der Waals surface area (Å²) in [5, 5.41) is 4.27. The number of nitrogens with zero attached hydrogens (tertiary/aromatic N) is 6. The number of amides is 1. The summed E-state index contributed by atoms with van der Waals surface area (Å²) in [7, 11) is 1.63. The molecule has 0 saturated carbocycles. The molecule has 1 atom stereocenters. The number of carbonyl (C=O) groups excluding carboxylic acids is 1. The first-order chi connectivity index (χ1) is 15.0. The molecule has 2 aliphatic rings. The smallest absolute Gasteiger partial charge is 0.338 e. The van der Waals surface area contributed by atoms with Gasteiger partial charge in [0.15, 0.2) is 5.65 Å². The summed E-state index contributed by atoms with van der Waals surface area (Å²) in [6, 6.07) is 5.69. The monoisotopic (exact) mass is 424 g/mol. The van der Waals surface area contributed by atoms with Crippen molar-refractivity contribution in [2.75, 3.05) is 31.2 Å². The topological polar surface area (TPSA) is 75.7 Å². The Hall–Kier alpha value is -3.23. The Labute approximate surface area is 178 Å². The van der Waals surface area contributed by atoms with E-state index in [1.165, 1.54) is 9.08 Å². The van der Waals surface area contributed by atoms with Crippen molar-refractivity contribution in [3.8, 4) is 0 Å². The molecule has 162 valence electrons. The molecule has 3 aromatic heterocycles. The van der Waals surface area contributed by atoms with E-state index in [-0.39, 0.29) is 24.2 Å². The molecule has 0 aliphatic carbocycles. The second kappa shape index (κ2) is 7.79. The predicted molar refractivity (Wildman–Crippen MR) is 115 cm³/mol. The fourth-order valence-corrected chi connectivity index (χ4v) is 4.63. The zero-order chi connectivity index (χ0) is 21.5. The van der Waals surface area contributed by atoms with Crippen molar-refractivity contribution in [3.05, 3.63) is 52.2 Å². The third kappa shape index (κ3) is 3.47. The summed E-state index contributed by atoms with van der Waals surface area (Å²) >= 11 is 0. The molecule has 0 spiro atoms. The highest BCUT2D eigenvalue weighted by atomic mass is 19.1. The van der Waals surface area contributed by atoms with Crippen LogP contribution < -0.4 is 10.6 Å². The number of carbonyl (C=O) groups is 1. The quantitative estimate of drug-likeness (QED) is 0.645. The van der Waals surface area contributed by atoms with Crippen LogP contribution >= 0.6 is 0 Å². The van der Waals surface area contributed by atoms with Crippen molar-refractivity contribution in [3.63, 3.8) is 0 Å². The van der Waals surface area contributed by atoms with Crippen molar-refractivity contribution >= 4 is 23.1 Å². The molecule has 0 radical (unpaired) electrons. The highest BCUT2D eigenvalue weighted by Gasteiger charge is 2.27. The Balaban J connectivity index is 1.44. The molecule has 3 aromatic rings. The van der Waals surface area contributed by atoms with Gasteiger partial charge in [-0.25, -0.2) is 14.5 Å². The largest absolute Gasteiger partial charge is 0.350 e. The Kier molecular flexibility index (Phi) is 4.95. The predicted octanol–water partition coefficient (Wildman–Crippen LogP) is 2.33. The maximum absolute atomic E-state index is 13.1. The van der Waals surface area contributed by atoms with Gasteiger partial charge in [0, 0.05) is 56.7 Å². The zero-order valence-corrected chi connectivity index (χ0v) is 17.5. The average Bonchev–Trinajstić information content (AvgIpc) is 3.10. The second-order valence-corrected chi connectivity index (χ2v) is 8.39. The second-order valence-electron chi connectivity index (χ2n) is 8.39. The number of likely N-dealkylation sites (tertiary alicyclic amines) is 1. The normalized spacial score (nSPS) is 19.0. The molecule has 31 heavy (non-hydrogen) atoms. The summed E-state index contributed by atoms with van der Waals surface area (Å²) in [6.07, 6.45) is 6.81. The number of anilines is 2. The van der Waals surface area contributed by atoms with E-state index >= 15 is 0 Å². The number of hydrogen-bond acceptors (Lipinski definition) is 5. The number of pyridine rings is 2. The van der Waals surface area contributed by atoms with Crippen LogP contribution in [0.3, 0.4) is 0 Å². The van der Waals surface area contributed by atoms with Crippen LogP contribution in [0.15, 0.2) is 35.4 Å². The molecule has 1 fully saturated rings. The number of aromatic nitrogens is 4. The summed E-state index contributed by atoms with van der Waals surface area (Å²) < 4.78 is 15.9. The van der Waals surface area contributed by atoms with Gasteiger partial charge in [-0.05, 0) is 43.4 Å². The lowest BCUT2D eigenvalue weighted by molar-refractivity contribution is 0.0656. The Morgan fingerprint density at radius 2 is 2.13 bits per heavy atom. The molecule has 0 bridgehead atoms. The highest BCUT2D eigenvalue weighted by molar-refractivity contribution is 5.94. The third-order valence-electron chi connectivity index (χ3n) is 6.26. The first kappa shape index (κ1) is 19.7. The standard InChI is InChI=1S/C22H25FN6O2/c1-26-22(31)29-9-6-18(11-19(29)25-26)28-8-3-5-16-10-17(13-24-20(16)28)21(30)27-7-2-4-15(12-23)14-27/h6,9-11,13,15H,2-5,7-8,12,14H2,1H3/t15-/m1/s1. The molecular formula is C22H25FN6O2. The minimum absolute atomic E-state index is 0.0622. The molecule has 2 aliphatic heterocycles. The molecule has 5 heterocycles. The molecule has 1 saturated heterocycles. The van der Waals surface area contributed by atoms with Gasteiger partial charge in [0.05, 0.1) is 12.2 Å². The molecule has 1 amide bonds. The molecule has 0 N–H and O–H groups in total. The van der Waals surface area contributed by atoms with Gasteiger partial charge >= 0.3 is 5.69 Å². The SMILES string of the molecule is Cn1nc2cc(N3CCCc4cc(C(=O)N5CCC[C@H](CF)C5)cnc43)ccn2c1=O. The van der Waals surface area contributed by atoms with Gasteiger partial charge in [0.1, 0.15) is 5.82 Å². The molecule has 8 nitrogen and oxygen atoms in total.